The Bertz CT molecular complexity index is 1100. The van der Waals surface area contributed by atoms with Crippen molar-refractivity contribution in [2.45, 2.75) is 25.3 Å². The average molecular weight is 480 g/mol. The maximum Gasteiger partial charge on any atom is 0.407 e. The van der Waals surface area contributed by atoms with E-state index >= 15 is 0 Å². The summed E-state index contributed by atoms with van der Waals surface area (Å²) in [7, 11) is 0. The van der Waals surface area contributed by atoms with Crippen LogP contribution in [0, 0.1) is 6.92 Å². The highest BCUT2D eigenvalue weighted by molar-refractivity contribution is 9.10. The van der Waals surface area contributed by atoms with Gasteiger partial charge in [0.05, 0.1) is 12.5 Å². The molecule has 0 radical (unpaired) electrons. The Morgan fingerprint density at radius 1 is 1.03 bits per heavy atom. The Labute approximate surface area is 189 Å². The lowest BCUT2D eigenvalue weighted by atomic mass is 9.98. The molecule has 1 amide bonds. The van der Waals surface area contributed by atoms with Crippen LogP contribution in [0.5, 0.6) is 0 Å². The van der Waals surface area contributed by atoms with Crippen LogP contribution in [-0.2, 0) is 9.53 Å². The molecule has 3 aromatic rings. The summed E-state index contributed by atoms with van der Waals surface area (Å²) < 4.78 is 6.48. The predicted molar refractivity (Wildman–Crippen MR) is 122 cm³/mol. The summed E-state index contributed by atoms with van der Waals surface area (Å²) in [6.45, 7) is 2.06. The van der Waals surface area contributed by atoms with E-state index in [2.05, 4.69) is 45.5 Å². The van der Waals surface area contributed by atoms with Crippen LogP contribution in [0.15, 0.2) is 71.2 Å². The fourth-order valence-corrected chi connectivity index (χ4v) is 4.70. The quantitative estimate of drug-likeness (QED) is 0.467. The molecule has 0 unspecified atom stereocenters. The first-order chi connectivity index (χ1) is 14.9. The molecule has 4 rings (SSSR count). The number of rotatable bonds is 6. The van der Waals surface area contributed by atoms with Crippen molar-refractivity contribution in [1.82, 2.24) is 5.32 Å². The third-order valence-corrected chi connectivity index (χ3v) is 6.12. The number of hydrogen-bond acceptors (Lipinski definition) is 3. The molecule has 6 heteroatoms. The highest BCUT2D eigenvalue weighted by atomic mass is 79.9. The van der Waals surface area contributed by atoms with E-state index in [0.717, 1.165) is 37.9 Å². The van der Waals surface area contributed by atoms with Crippen LogP contribution in [0.3, 0.4) is 0 Å². The van der Waals surface area contributed by atoms with Crippen LogP contribution in [0.4, 0.5) is 4.79 Å². The number of nitrogens with one attached hydrogen (secondary N) is 1. The zero-order valence-corrected chi connectivity index (χ0v) is 18.6. The zero-order valence-electron chi connectivity index (χ0n) is 17.0. The minimum Gasteiger partial charge on any atom is -0.481 e. The Balaban J connectivity index is 1.50. The number of carbonyl (C=O) groups excluding carboxylic acids is 1. The van der Waals surface area contributed by atoms with Gasteiger partial charge in [-0.25, -0.2) is 4.79 Å². The molecule has 1 aliphatic rings. The Hall–Kier alpha value is -3.12. The first-order valence-electron chi connectivity index (χ1n) is 10.0. The number of carboxylic acid groups (broad SMARTS) is 1. The molecule has 0 heterocycles. The summed E-state index contributed by atoms with van der Waals surface area (Å²) in [6.07, 6.45) is -0.859. The summed E-state index contributed by atoms with van der Waals surface area (Å²) in [5.41, 5.74) is 6.20. The molecule has 2 N–H and O–H groups in total. The van der Waals surface area contributed by atoms with Gasteiger partial charge in [0.25, 0.3) is 0 Å². The van der Waals surface area contributed by atoms with Crippen molar-refractivity contribution in [3.8, 4) is 11.1 Å². The fraction of sp³-hybridized carbons (Fsp3) is 0.200. The largest absolute Gasteiger partial charge is 0.481 e. The van der Waals surface area contributed by atoms with Crippen LogP contribution in [0.1, 0.15) is 40.6 Å². The minimum absolute atomic E-state index is 0.0505. The molecule has 0 fully saturated rings. The van der Waals surface area contributed by atoms with Gasteiger partial charge in [-0.15, -0.1) is 0 Å². The smallest absolute Gasteiger partial charge is 0.407 e. The fourth-order valence-electron chi connectivity index (χ4n) is 4.23. The number of ether oxygens (including phenoxy) is 1. The monoisotopic (exact) mass is 479 g/mol. The third-order valence-electron chi connectivity index (χ3n) is 5.62. The lowest BCUT2D eigenvalue weighted by Gasteiger charge is -2.21. The van der Waals surface area contributed by atoms with Gasteiger partial charge in [-0.3, -0.25) is 4.79 Å². The van der Waals surface area contributed by atoms with Crippen LogP contribution >= 0.6 is 15.9 Å². The van der Waals surface area contributed by atoms with Crippen molar-refractivity contribution in [1.29, 1.82) is 0 Å². The van der Waals surface area contributed by atoms with Crippen LogP contribution in [-0.4, -0.2) is 23.8 Å². The van der Waals surface area contributed by atoms with Crippen LogP contribution in [0.2, 0.25) is 0 Å². The predicted octanol–water partition coefficient (Wildman–Crippen LogP) is 5.81. The number of aliphatic carboxylic acids is 1. The molecule has 0 spiro atoms. The molecule has 0 aliphatic heterocycles. The van der Waals surface area contributed by atoms with Crippen molar-refractivity contribution in [3.63, 3.8) is 0 Å². The Kier molecular flexibility index (Phi) is 6.09. The second-order valence-corrected chi connectivity index (χ2v) is 8.54. The molecule has 0 bridgehead atoms. The highest BCUT2D eigenvalue weighted by Crippen LogP contribution is 2.44. The molecule has 0 aromatic heterocycles. The number of aryl methyl sites for hydroxylation is 1. The average Bonchev–Trinajstić information content (AvgIpc) is 3.05. The van der Waals surface area contributed by atoms with E-state index in [0.29, 0.717) is 0 Å². The third kappa shape index (κ3) is 4.49. The van der Waals surface area contributed by atoms with Gasteiger partial charge < -0.3 is 15.2 Å². The van der Waals surface area contributed by atoms with E-state index in [9.17, 15) is 14.7 Å². The first-order valence-corrected chi connectivity index (χ1v) is 10.8. The number of fused-ring (bicyclic) bond motifs is 3. The Morgan fingerprint density at radius 2 is 1.65 bits per heavy atom. The van der Waals surface area contributed by atoms with Crippen molar-refractivity contribution < 1.29 is 19.4 Å². The van der Waals surface area contributed by atoms with E-state index in [1.165, 1.54) is 0 Å². The molecule has 1 atom stereocenters. The SMILES string of the molecule is Cc1cc(Br)ccc1[C@@H](CC(=O)O)NC(=O)OCC1c2ccccc2-c2ccccc21. The molecule has 3 aromatic carbocycles. The van der Waals surface area contributed by atoms with Crippen LogP contribution < -0.4 is 5.32 Å². The Morgan fingerprint density at radius 3 is 2.23 bits per heavy atom. The molecule has 0 saturated carbocycles. The number of alkyl carbamates (subject to hydrolysis) is 1. The summed E-state index contributed by atoms with van der Waals surface area (Å²) in [4.78, 5) is 24.0. The van der Waals surface area contributed by atoms with Gasteiger partial charge in [0, 0.05) is 10.4 Å². The topological polar surface area (TPSA) is 75.6 Å². The maximum atomic E-state index is 12.6. The van der Waals surface area contributed by atoms with Gasteiger partial charge in [0.15, 0.2) is 0 Å². The number of halogens is 1. The van der Waals surface area contributed by atoms with Gasteiger partial charge in [0.2, 0.25) is 0 Å². The van der Waals surface area contributed by atoms with Gasteiger partial charge in [-0.05, 0) is 52.4 Å². The molecule has 31 heavy (non-hydrogen) atoms. The normalized spacial score (nSPS) is 13.2. The van der Waals surface area contributed by atoms with Crippen LogP contribution in [0.25, 0.3) is 11.1 Å². The van der Waals surface area contributed by atoms with Crippen molar-refractivity contribution in [2.75, 3.05) is 6.61 Å². The number of benzene rings is 3. The van der Waals surface area contributed by atoms with E-state index in [1.807, 2.05) is 49.4 Å². The van der Waals surface area contributed by atoms with Gasteiger partial charge >= 0.3 is 12.1 Å². The summed E-state index contributed by atoms with van der Waals surface area (Å²) >= 11 is 3.41. The van der Waals surface area contributed by atoms with Crippen molar-refractivity contribution in [3.05, 3.63) is 93.5 Å². The number of carboxylic acids is 1. The summed E-state index contributed by atoms with van der Waals surface area (Å²) in [5.74, 6) is -1.04. The number of amides is 1. The zero-order chi connectivity index (χ0) is 22.0. The minimum atomic E-state index is -0.994. The summed E-state index contributed by atoms with van der Waals surface area (Å²) in [6, 6.07) is 21.1. The van der Waals surface area contributed by atoms with E-state index < -0.39 is 18.1 Å². The second kappa shape index (κ2) is 8.94. The van der Waals surface area contributed by atoms with Crippen molar-refractivity contribution >= 4 is 28.0 Å². The first kappa shape index (κ1) is 21.1. The standard InChI is InChI=1S/C25H22BrNO4/c1-15-12-16(26)10-11-17(15)23(13-24(28)29)27-25(30)31-14-22-20-8-4-2-6-18(20)19-7-3-5-9-21(19)22/h2-12,22-23H,13-14H2,1H3,(H,27,30)(H,28,29)/t23-/m1/s1. The molecular weight excluding hydrogens is 458 g/mol. The molecule has 158 valence electrons. The number of hydrogen-bond donors (Lipinski definition) is 2. The lowest BCUT2D eigenvalue weighted by molar-refractivity contribution is -0.137. The van der Waals surface area contributed by atoms with Gasteiger partial charge in [-0.1, -0.05) is 70.5 Å². The molecule has 5 nitrogen and oxygen atoms in total. The number of carbonyl (C=O) groups is 2. The lowest BCUT2D eigenvalue weighted by Crippen LogP contribution is -2.32. The highest BCUT2D eigenvalue weighted by Gasteiger charge is 2.29. The van der Waals surface area contributed by atoms with Gasteiger partial charge in [-0.2, -0.15) is 0 Å². The van der Waals surface area contributed by atoms with E-state index in [4.69, 9.17) is 4.74 Å². The second-order valence-electron chi connectivity index (χ2n) is 7.62. The summed E-state index contributed by atoms with van der Waals surface area (Å²) in [5, 5.41) is 12.1. The molecular formula is C25H22BrNO4. The van der Waals surface area contributed by atoms with E-state index in [1.54, 1.807) is 0 Å². The molecule has 0 saturated heterocycles. The van der Waals surface area contributed by atoms with E-state index in [-0.39, 0.29) is 18.9 Å². The molecule has 1 aliphatic carbocycles. The van der Waals surface area contributed by atoms with Crippen molar-refractivity contribution in [2.24, 2.45) is 0 Å². The maximum absolute atomic E-state index is 12.6. The van der Waals surface area contributed by atoms with Gasteiger partial charge in [0.1, 0.15) is 6.61 Å².